The topological polar surface area (TPSA) is 0 Å². The summed E-state index contributed by atoms with van der Waals surface area (Å²) in [6.07, 6.45) is 0. The molecule has 0 unspecified atom stereocenters. The number of hydrogen-bond donors (Lipinski definition) is 0. The van der Waals surface area contributed by atoms with Crippen LogP contribution in [0.3, 0.4) is 0 Å². The summed E-state index contributed by atoms with van der Waals surface area (Å²) in [5.74, 6) is 0. The molecule has 0 radical (unpaired) electrons. The van der Waals surface area contributed by atoms with E-state index in [-0.39, 0.29) is 5.41 Å². The summed E-state index contributed by atoms with van der Waals surface area (Å²) in [5, 5.41) is 1.48. The van der Waals surface area contributed by atoms with Crippen molar-refractivity contribution in [2.75, 3.05) is 0 Å². The van der Waals surface area contributed by atoms with Crippen molar-refractivity contribution in [2.24, 2.45) is 0 Å². The first-order valence-electron chi connectivity index (χ1n) is 5.82. The van der Waals surface area contributed by atoms with E-state index in [4.69, 9.17) is 0 Å². The second kappa shape index (κ2) is 3.59. The summed E-state index contributed by atoms with van der Waals surface area (Å²) in [5.41, 5.74) is 4.55. The molecule has 1 heteroatoms. The third-order valence-corrected chi connectivity index (χ3v) is 5.02. The van der Waals surface area contributed by atoms with Gasteiger partial charge >= 0.3 is 0 Å². The number of benzene rings is 1. The van der Waals surface area contributed by atoms with E-state index >= 15 is 0 Å². The fourth-order valence-electron chi connectivity index (χ4n) is 2.39. The van der Waals surface area contributed by atoms with Crippen LogP contribution in [0.2, 0.25) is 0 Å². The van der Waals surface area contributed by atoms with Gasteiger partial charge in [-0.2, -0.15) is 0 Å². The van der Waals surface area contributed by atoms with Crippen molar-refractivity contribution in [3.8, 4) is 0 Å². The Kier molecular flexibility index (Phi) is 2.62. The predicted molar refractivity (Wildman–Crippen MR) is 74.7 cm³/mol. The van der Waals surface area contributed by atoms with E-state index < -0.39 is 0 Å². The Morgan fingerprint density at radius 2 is 1.50 bits per heavy atom. The quantitative estimate of drug-likeness (QED) is 0.591. The maximum atomic E-state index is 2.30. The summed E-state index contributed by atoms with van der Waals surface area (Å²) in [6, 6.07) is 4.48. The third-order valence-electron chi connectivity index (χ3n) is 3.16. The van der Waals surface area contributed by atoms with Gasteiger partial charge in [-0.05, 0) is 48.3 Å². The molecule has 0 N–H and O–H groups in total. The maximum absolute atomic E-state index is 2.30. The molecule has 86 valence electrons. The highest BCUT2D eigenvalue weighted by Gasteiger charge is 2.21. The molecule has 0 bridgehead atoms. The van der Waals surface area contributed by atoms with Crippen LogP contribution in [0.1, 0.15) is 42.3 Å². The SMILES string of the molecule is Cc1ccc(C)c2c(C)c(C(C)(C)C)sc12. The van der Waals surface area contributed by atoms with Gasteiger partial charge < -0.3 is 0 Å². The van der Waals surface area contributed by atoms with Crippen molar-refractivity contribution in [2.45, 2.75) is 47.0 Å². The summed E-state index contributed by atoms with van der Waals surface area (Å²) in [7, 11) is 0. The van der Waals surface area contributed by atoms with E-state index in [2.05, 4.69) is 53.7 Å². The van der Waals surface area contributed by atoms with E-state index in [0.29, 0.717) is 0 Å². The van der Waals surface area contributed by atoms with Crippen LogP contribution in [0.5, 0.6) is 0 Å². The molecule has 0 aliphatic carbocycles. The van der Waals surface area contributed by atoms with Gasteiger partial charge in [0.05, 0.1) is 0 Å². The lowest BCUT2D eigenvalue weighted by Crippen LogP contribution is -2.09. The molecule has 2 aromatic rings. The van der Waals surface area contributed by atoms with Crippen molar-refractivity contribution in [3.05, 3.63) is 33.7 Å². The molecule has 0 amide bonds. The molecule has 1 heterocycles. The molecular formula is C15H20S. The van der Waals surface area contributed by atoms with Gasteiger partial charge in [-0.15, -0.1) is 11.3 Å². The average molecular weight is 232 g/mol. The lowest BCUT2D eigenvalue weighted by Gasteiger charge is -2.17. The van der Waals surface area contributed by atoms with Gasteiger partial charge in [-0.3, -0.25) is 0 Å². The Bertz CT molecular complexity index is 539. The smallest absolute Gasteiger partial charge is 0.0380 e. The first kappa shape index (κ1) is 11.7. The second-order valence-electron chi connectivity index (χ2n) is 5.71. The summed E-state index contributed by atoms with van der Waals surface area (Å²) in [4.78, 5) is 1.53. The van der Waals surface area contributed by atoms with Crippen LogP contribution in [0.15, 0.2) is 12.1 Å². The monoisotopic (exact) mass is 232 g/mol. The first-order valence-corrected chi connectivity index (χ1v) is 6.64. The van der Waals surface area contributed by atoms with E-state index in [9.17, 15) is 0 Å². The third kappa shape index (κ3) is 1.67. The molecule has 0 fully saturated rings. The van der Waals surface area contributed by atoms with Crippen molar-refractivity contribution >= 4 is 21.4 Å². The molecular weight excluding hydrogens is 212 g/mol. The van der Waals surface area contributed by atoms with Crippen molar-refractivity contribution in [3.63, 3.8) is 0 Å². The Morgan fingerprint density at radius 3 is 2.00 bits per heavy atom. The van der Waals surface area contributed by atoms with Gasteiger partial charge in [-0.25, -0.2) is 0 Å². The maximum Gasteiger partial charge on any atom is 0.0380 e. The van der Waals surface area contributed by atoms with Crippen molar-refractivity contribution < 1.29 is 0 Å². The molecule has 16 heavy (non-hydrogen) atoms. The lowest BCUT2D eigenvalue weighted by molar-refractivity contribution is 0.601. The largest absolute Gasteiger partial charge is 0.139 e. The van der Waals surface area contributed by atoms with Gasteiger partial charge in [0.1, 0.15) is 0 Å². The minimum atomic E-state index is 0.257. The summed E-state index contributed by atoms with van der Waals surface area (Å²) >= 11 is 1.97. The van der Waals surface area contributed by atoms with Crippen LogP contribution in [0.4, 0.5) is 0 Å². The fourth-order valence-corrected chi connectivity index (χ4v) is 3.80. The van der Waals surface area contributed by atoms with E-state index in [1.54, 1.807) is 0 Å². The Balaban J connectivity index is 2.88. The van der Waals surface area contributed by atoms with Crippen molar-refractivity contribution in [1.82, 2.24) is 0 Å². The summed E-state index contributed by atoms with van der Waals surface area (Å²) < 4.78 is 1.47. The predicted octanol–water partition coefficient (Wildman–Crippen LogP) is 5.12. The zero-order chi connectivity index (χ0) is 12.1. The molecule has 0 saturated heterocycles. The van der Waals surface area contributed by atoms with Crippen LogP contribution in [-0.4, -0.2) is 0 Å². The number of hydrogen-bond acceptors (Lipinski definition) is 1. The highest BCUT2D eigenvalue weighted by Crippen LogP contribution is 2.40. The number of aryl methyl sites for hydroxylation is 3. The average Bonchev–Trinajstić information content (AvgIpc) is 2.51. The zero-order valence-electron chi connectivity index (χ0n) is 11.1. The number of rotatable bonds is 0. The van der Waals surface area contributed by atoms with E-state index in [0.717, 1.165) is 0 Å². The highest BCUT2D eigenvalue weighted by molar-refractivity contribution is 7.19. The molecule has 0 atom stereocenters. The van der Waals surface area contributed by atoms with Gasteiger partial charge in [0.15, 0.2) is 0 Å². The molecule has 1 aromatic heterocycles. The molecule has 0 nitrogen and oxygen atoms in total. The Labute approximate surface area is 102 Å². The molecule has 0 spiro atoms. The first-order chi connectivity index (χ1) is 7.32. The standard InChI is InChI=1S/C15H20S/c1-9-7-8-10(2)13-12(9)11(3)14(16-13)15(4,5)6/h7-8H,1-6H3. The van der Waals surface area contributed by atoms with E-state index in [1.165, 1.54) is 31.7 Å². The van der Waals surface area contributed by atoms with Crippen molar-refractivity contribution in [1.29, 1.82) is 0 Å². The van der Waals surface area contributed by atoms with Crippen LogP contribution >= 0.6 is 11.3 Å². The molecule has 0 saturated carbocycles. The molecule has 2 rings (SSSR count). The van der Waals surface area contributed by atoms with Gasteiger partial charge in [-0.1, -0.05) is 32.9 Å². The molecule has 0 aliphatic heterocycles. The Morgan fingerprint density at radius 1 is 0.938 bits per heavy atom. The van der Waals surface area contributed by atoms with E-state index in [1.807, 2.05) is 11.3 Å². The molecule has 1 aromatic carbocycles. The number of thiophene rings is 1. The van der Waals surface area contributed by atoms with Crippen LogP contribution < -0.4 is 0 Å². The zero-order valence-corrected chi connectivity index (χ0v) is 11.9. The minimum Gasteiger partial charge on any atom is -0.139 e. The normalized spacial score (nSPS) is 12.4. The van der Waals surface area contributed by atoms with Gasteiger partial charge in [0.2, 0.25) is 0 Å². The van der Waals surface area contributed by atoms with Crippen LogP contribution in [-0.2, 0) is 5.41 Å². The van der Waals surface area contributed by atoms with Crippen LogP contribution in [0, 0.1) is 20.8 Å². The van der Waals surface area contributed by atoms with Crippen LogP contribution in [0.25, 0.3) is 10.1 Å². The van der Waals surface area contributed by atoms with Gasteiger partial charge in [0, 0.05) is 9.58 Å². The molecule has 0 aliphatic rings. The highest BCUT2D eigenvalue weighted by atomic mass is 32.1. The lowest BCUT2D eigenvalue weighted by atomic mass is 9.90. The second-order valence-corrected chi connectivity index (χ2v) is 6.73. The minimum absolute atomic E-state index is 0.257. The van der Waals surface area contributed by atoms with Gasteiger partial charge in [0.25, 0.3) is 0 Å². The Hall–Kier alpha value is -0.820. The fraction of sp³-hybridized carbons (Fsp3) is 0.467. The number of fused-ring (bicyclic) bond motifs is 1. The summed E-state index contributed by atoms with van der Waals surface area (Å²) in [6.45, 7) is 13.6.